The summed E-state index contributed by atoms with van der Waals surface area (Å²) in [6, 6.07) is 25.8. The Morgan fingerprint density at radius 1 is 0.970 bits per heavy atom. The van der Waals surface area contributed by atoms with Crippen LogP contribution in [0.25, 0.3) is 10.9 Å². The Morgan fingerprint density at radius 2 is 1.58 bits per heavy atom. The number of carbonyl (C=O) groups is 1. The van der Waals surface area contributed by atoms with Gasteiger partial charge in [0.05, 0.1) is 0 Å². The average molecular weight is 586 g/mol. The van der Waals surface area contributed by atoms with E-state index in [1.165, 1.54) is 11.1 Å². The Hall–Kier alpha value is -2.34. The van der Waals surface area contributed by atoms with Gasteiger partial charge in [-0.2, -0.15) is 0 Å². The van der Waals surface area contributed by atoms with E-state index in [1.807, 2.05) is 36.4 Å². The third kappa shape index (κ3) is 5.43. The Labute approximate surface area is 207 Å². The summed E-state index contributed by atoms with van der Waals surface area (Å²) < 4.78 is 27.4. The average Bonchev–Trinajstić information content (AvgIpc) is 3.20. The van der Waals surface area contributed by atoms with Gasteiger partial charge in [0, 0.05) is 0 Å². The number of primary amides is 1. The van der Waals surface area contributed by atoms with Crippen LogP contribution < -0.4 is 5.73 Å². The van der Waals surface area contributed by atoms with Crippen molar-refractivity contribution in [2.24, 2.45) is 5.73 Å². The molecule has 0 saturated carbocycles. The fraction of sp³-hybridized carbons (Fsp3) is 0.160. The molecular formula is C25H23AsBrN2O3S. The van der Waals surface area contributed by atoms with E-state index in [0.29, 0.717) is 16.1 Å². The molecule has 0 bridgehead atoms. The van der Waals surface area contributed by atoms with Crippen molar-refractivity contribution >= 4 is 55.4 Å². The molecule has 1 heterocycles. The second-order valence-corrected chi connectivity index (χ2v) is 15.8. The van der Waals surface area contributed by atoms with Gasteiger partial charge in [-0.15, -0.1) is 0 Å². The van der Waals surface area contributed by atoms with Crippen LogP contribution in [0.15, 0.2) is 88.2 Å². The number of hydrogen-bond donors (Lipinski definition) is 2. The van der Waals surface area contributed by atoms with Crippen LogP contribution in [0.1, 0.15) is 40.4 Å². The minimum absolute atomic E-state index is 0.0361. The molecule has 0 spiro atoms. The molecule has 0 unspecified atom stereocenters. The molecule has 0 aliphatic heterocycles. The number of hydrogen-bond acceptors (Lipinski definition) is 3. The molecule has 8 heteroatoms. The van der Waals surface area contributed by atoms with Gasteiger partial charge in [-0.25, -0.2) is 0 Å². The van der Waals surface area contributed by atoms with Gasteiger partial charge in [-0.3, -0.25) is 0 Å². The number of H-pyrrole nitrogens is 1. The van der Waals surface area contributed by atoms with Crippen molar-refractivity contribution in [1.82, 2.24) is 4.98 Å². The van der Waals surface area contributed by atoms with Crippen LogP contribution in [0.5, 0.6) is 0 Å². The first kappa shape index (κ1) is 23.8. The zero-order chi connectivity index (χ0) is 23.4. The first-order chi connectivity index (χ1) is 15.9. The van der Waals surface area contributed by atoms with Gasteiger partial charge in [0.15, 0.2) is 0 Å². The standard InChI is InChI=1S/C25H23AsBrN2O3S/c27-19-13-14-22-21(16-19)24(23(29-22)25(28)30)33(31,32)26-15-7-12-20(17-8-3-1-4-9-17)18-10-5-2-6-11-18/h1-6,8-11,13-14,16,20,29H,7,12,15H2,(H2,28,30). The number of carbonyl (C=O) groups excluding carboxylic acids is 1. The molecule has 4 aromatic rings. The first-order valence-electron chi connectivity index (χ1n) is 10.5. The SMILES string of the molecule is NC(=O)c1[nH]c2ccc(Br)cc2c1S(=O)(=O)[As]CCCC(c1ccccc1)c1ccccc1. The number of aromatic nitrogens is 1. The monoisotopic (exact) mass is 585 g/mol. The Morgan fingerprint density at radius 3 is 2.15 bits per heavy atom. The molecule has 0 saturated heterocycles. The van der Waals surface area contributed by atoms with Crippen LogP contribution in [0.3, 0.4) is 0 Å². The number of benzene rings is 3. The Bertz CT molecular complexity index is 1330. The number of fused-ring (bicyclic) bond motifs is 1. The fourth-order valence-corrected chi connectivity index (χ4v) is 10.5. The topological polar surface area (TPSA) is 93.0 Å². The summed E-state index contributed by atoms with van der Waals surface area (Å²) in [5.41, 5.74) is 8.49. The van der Waals surface area contributed by atoms with Gasteiger partial charge in [0.1, 0.15) is 0 Å². The van der Waals surface area contributed by atoms with Crippen LogP contribution in [0.4, 0.5) is 0 Å². The normalized spacial score (nSPS) is 12.2. The van der Waals surface area contributed by atoms with Crippen molar-refractivity contribution in [1.29, 1.82) is 0 Å². The molecule has 169 valence electrons. The van der Waals surface area contributed by atoms with Gasteiger partial charge in [-0.05, 0) is 0 Å². The summed E-state index contributed by atoms with van der Waals surface area (Å²) in [5.74, 6) is -0.558. The summed E-state index contributed by atoms with van der Waals surface area (Å²) in [5, 5.41) is 1.08. The molecular weight excluding hydrogens is 563 g/mol. The maximum absolute atomic E-state index is 13.3. The number of amides is 1. The van der Waals surface area contributed by atoms with Crippen LogP contribution in [-0.2, 0) is 8.10 Å². The zero-order valence-electron chi connectivity index (χ0n) is 17.7. The van der Waals surface area contributed by atoms with Crippen molar-refractivity contribution in [3.8, 4) is 0 Å². The van der Waals surface area contributed by atoms with E-state index < -0.39 is 28.6 Å². The van der Waals surface area contributed by atoms with Gasteiger partial charge in [0.2, 0.25) is 0 Å². The number of nitrogens with two attached hydrogens (primary N) is 1. The van der Waals surface area contributed by atoms with Gasteiger partial charge in [-0.1, -0.05) is 0 Å². The number of rotatable bonds is 9. The van der Waals surface area contributed by atoms with Crippen LogP contribution in [0.2, 0.25) is 5.21 Å². The van der Waals surface area contributed by atoms with Crippen LogP contribution in [0, 0.1) is 0 Å². The summed E-state index contributed by atoms with van der Waals surface area (Å²) in [6.07, 6.45) is 1.62. The van der Waals surface area contributed by atoms with Crippen molar-refractivity contribution < 1.29 is 13.2 Å². The van der Waals surface area contributed by atoms with E-state index in [0.717, 1.165) is 17.3 Å². The molecule has 3 aromatic carbocycles. The second-order valence-electron chi connectivity index (χ2n) is 7.73. The van der Waals surface area contributed by atoms with E-state index in [9.17, 15) is 13.2 Å². The number of halogens is 1. The maximum atomic E-state index is 13.3. The molecule has 0 atom stereocenters. The predicted molar refractivity (Wildman–Crippen MR) is 136 cm³/mol. The van der Waals surface area contributed by atoms with Gasteiger partial charge >= 0.3 is 208 Å². The van der Waals surface area contributed by atoms with E-state index >= 15 is 0 Å². The first-order valence-corrected chi connectivity index (χ1v) is 16.4. The molecule has 5 nitrogen and oxygen atoms in total. The van der Waals surface area contributed by atoms with E-state index in [2.05, 4.69) is 45.2 Å². The Balaban J connectivity index is 1.53. The summed E-state index contributed by atoms with van der Waals surface area (Å²) >= 11 is 2.32. The van der Waals surface area contributed by atoms with Crippen LogP contribution in [-0.4, -0.2) is 33.9 Å². The van der Waals surface area contributed by atoms with Crippen molar-refractivity contribution in [3.05, 3.63) is 100 Å². The molecule has 3 N–H and O–H groups in total. The van der Waals surface area contributed by atoms with E-state index in [4.69, 9.17) is 5.73 Å². The predicted octanol–water partition coefficient (Wildman–Crippen LogP) is 5.45. The third-order valence-electron chi connectivity index (χ3n) is 5.53. The Kier molecular flexibility index (Phi) is 7.42. The van der Waals surface area contributed by atoms with Crippen molar-refractivity contribution in [3.63, 3.8) is 0 Å². The molecule has 0 aliphatic rings. The van der Waals surface area contributed by atoms with Crippen LogP contribution >= 0.6 is 15.9 Å². The molecule has 1 aromatic heterocycles. The molecule has 0 aliphatic carbocycles. The van der Waals surface area contributed by atoms with Crippen molar-refractivity contribution in [2.75, 3.05) is 0 Å². The number of aromatic amines is 1. The van der Waals surface area contributed by atoms with Crippen molar-refractivity contribution in [2.45, 2.75) is 28.9 Å². The summed E-state index contributed by atoms with van der Waals surface area (Å²) in [4.78, 5) is 14.9. The second kappa shape index (κ2) is 10.3. The van der Waals surface area contributed by atoms with Gasteiger partial charge < -0.3 is 0 Å². The van der Waals surface area contributed by atoms with Gasteiger partial charge in [0.25, 0.3) is 0 Å². The number of nitrogens with one attached hydrogen (secondary N) is 1. The summed E-state index contributed by atoms with van der Waals surface area (Å²) in [6.45, 7) is 0. The fourth-order valence-electron chi connectivity index (χ4n) is 4.02. The van der Waals surface area contributed by atoms with E-state index in [-0.39, 0.29) is 16.5 Å². The quantitative estimate of drug-likeness (QED) is 0.202. The molecule has 1 amide bonds. The summed E-state index contributed by atoms with van der Waals surface area (Å²) in [7, 11) is -3.62. The zero-order valence-corrected chi connectivity index (χ0v) is 22.0. The molecule has 4 rings (SSSR count). The third-order valence-corrected chi connectivity index (χ3v) is 12.6. The van der Waals surface area contributed by atoms with E-state index in [1.54, 1.807) is 18.2 Å². The molecule has 33 heavy (non-hydrogen) atoms. The minimum atomic E-state index is -3.62. The molecule has 1 radical (unpaired) electrons. The molecule has 0 fully saturated rings.